The second kappa shape index (κ2) is 4.07. The van der Waals surface area contributed by atoms with Gasteiger partial charge in [0.15, 0.2) is 0 Å². The lowest BCUT2D eigenvalue weighted by Gasteiger charge is -2.40. The van der Waals surface area contributed by atoms with Crippen LogP contribution in [0.1, 0.15) is 26.2 Å². The summed E-state index contributed by atoms with van der Waals surface area (Å²) in [6, 6.07) is 2.44. The van der Waals surface area contributed by atoms with Crippen LogP contribution in [0.15, 0.2) is 0 Å². The standard InChI is InChI=1S/C10H16N4O/c1-7(14-5-4-9(14)6-11)12-10(15)13-8-2-3-8/h7-9H,2-5H2,1H3,(H2,12,13,15). The maximum atomic E-state index is 11.4. The summed E-state index contributed by atoms with van der Waals surface area (Å²) in [6.45, 7) is 2.80. The highest BCUT2D eigenvalue weighted by Crippen LogP contribution is 2.20. The highest BCUT2D eigenvalue weighted by Gasteiger charge is 2.33. The zero-order valence-electron chi connectivity index (χ0n) is 8.86. The molecule has 0 spiro atoms. The summed E-state index contributed by atoms with van der Waals surface area (Å²) in [5.74, 6) is 0. The van der Waals surface area contributed by atoms with E-state index in [4.69, 9.17) is 5.26 Å². The molecule has 2 aliphatic rings. The van der Waals surface area contributed by atoms with Crippen molar-refractivity contribution in [3.8, 4) is 6.07 Å². The fourth-order valence-corrected chi connectivity index (χ4v) is 1.74. The van der Waals surface area contributed by atoms with E-state index < -0.39 is 0 Å². The van der Waals surface area contributed by atoms with E-state index in [0.717, 1.165) is 25.8 Å². The van der Waals surface area contributed by atoms with Gasteiger partial charge in [0, 0.05) is 12.6 Å². The molecule has 2 atom stereocenters. The fourth-order valence-electron chi connectivity index (χ4n) is 1.74. The Morgan fingerprint density at radius 3 is 2.73 bits per heavy atom. The first-order chi connectivity index (χ1) is 7.20. The lowest BCUT2D eigenvalue weighted by atomic mass is 10.0. The molecule has 2 N–H and O–H groups in total. The third-order valence-electron chi connectivity index (χ3n) is 2.96. The largest absolute Gasteiger partial charge is 0.335 e. The van der Waals surface area contributed by atoms with Crippen molar-refractivity contribution in [2.24, 2.45) is 0 Å². The second-order valence-corrected chi connectivity index (χ2v) is 4.24. The molecule has 1 aliphatic carbocycles. The molecule has 5 nitrogen and oxygen atoms in total. The summed E-state index contributed by atoms with van der Waals surface area (Å²) in [5.41, 5.74) is 0. The van der Waals surface area contributed by atoms with Crippen LogP contribution in [-0.2, 0) is 0 Å². The van der Waals surface area contributed by atoms with Gasteiger partial charge in [-0.05, 0) is 26.2 Å². The molecule has 1 saturated carbocycles. The van der Waals surface area contributed by atoms with Gasteiger partial charge in [-0.15, -0.1) is 0 Å². The molecule has 1 saturated heterocycles. The maximum Gasteiger partial charge on any atom is 0.316 e. The van der Waals surface area contributed by atoms with E-state index in [-0.39, 0.29) is 18.2 Å². The lowest BCUT2D eigenvalue weighted by molar-refractivity contribution is 0.0705. The maximum absolute atomic E-state index is 11.4. The summed E-state index contributed by atoms with van der Waals surface area (Å²) in [6.07, 6.45) is 3.04. The highest BCUT2D eigenvalue weighted by molar-refractivity contribution is 5.74. The normalized spacial score (nSPS) is 27.3. The molecule has 0 aromatic rings. The molecule has 1 aliphatic heterocycles. The highest BCUT2D eigenvalue weighted by atomic mass is 16.2. The van der Waals surface area contributed by atoms with Gasteiger partial charge < -0.3 is 10.6 Å². The number of carbonyl (C=O) groups excluding carboxylic acids is 1. The van der Waals surface area contributed by atoms with Crippen LogP contribution >= 0.6 is 0 Å². The van der Waals surface area contributed by atoms with Crippen LogP contribution in [-0.4, -0.2) is 35.7 Å². The van der Waals surface area contributed by atoms with Crippen molar-refractivity contribution in [2.45, 2.75) is 44.4 Å². The Labute approximate surface area is 89.4 Å². The Balaban J connectivity index is 1.73. The van der Waals surface area contributed by atoms with Crippen molar-refractivity contribution in [3.63, 3.8) is 0 Å². The smallest absolute Gasteiger partial charge is 0.316 e. The number of urea groups is 1. The van der Waals surface area contributed by atoms with Crippen LogP contribution in [0.5, 0.6) is 0 Å². The Morgan fingerprint density at radius 1 is 1.53 bits per heavy atom. The molecule has 0 aromatic heterocycles. The third kappa shape index (κ3) is 2.39. The van der Waals surface area contributed by atoms with Gasteiger partial charge in [0.05, 0.1) is 12.2 Å². The number of likely N-dealkylation sites (tertiary alicyclic amines) is 1. The monoisotopic (exact) mass is 208 g/mol. The van der Waals surface area contributed by atoms with Crippen molar-refractivity contribution in [1.82, 2.24) is 15.5 Å². The predicted molar refractivity (Wildman–Crippen MR) is 54.9 cm³/mol. The van der Waals surface area contributed by atoms with E-state index in [0.29, 0.717) is 6.04 Å². The molecule has 2 fully saturated rings. The third-order valence-corrected chi connectivity index (χ3v) is 2.96. The Morgan fingerprint density at radius 2 is 2.27 bits per heavy atom. The summed E-state index contributed by atoms with van der Waals surface area (Å²) < 4.78 is 0. The zero-order chi connectivity index (χ0) is 10.8. The minimum atomic E-state index is -0.117. The molecular formula is C10H16N4O. The number of rotatable bonds is 3. The first-order valence-electron chi connectivity index (χ1n) is 5.43. The molecule has 2 rings (SSSR count). The molecule has 0 aromatic carbocycles. The SMILES string of the molecule is CC(NC(=O)NC1CC1)N1CCC1C#N. The van der Waals surface area contributed by atoms with E-state index >= 15 is 0 Å². The quantitative estimate of drug-likeness (QED) is 0.705. The number of hydrogen-bond acceptors (Lipinski definition) is 3. The van der Waals surface area contributed by atoms with Gasteiger partial charge in [-0.25, -0.2) is 4.79 Å². The first-order valence-corrected chi connectivity index (χ1v) is 5.43. The average molecular weight is 208 g/mol. The summed E-state index contributed by atoms with van der Waals surface area (Å²) >= 11 is 0. The summed E-state index contributed by atoms with van der Waals surface area (Å²) in [5, 5.41) is 14.5. The van der Waals surface area contributed by atoms with Gasteiger partial charge in [-0.3, -0.25) is 4.90 Å². The van der Waals surface area contributed by atoms with Crippen LogP contribution in [0.2, 0.25) is 0 Å². The second-order valence-electron chi connectivity index (χ2n) is 4.24. The van der Waals surface area contributed by atoms with Crippen molar-refractivity contribution < 1.29 is 4.79 Å². The molecule has 2 amide bonds. The predicted octanol–water partition coefficient (Wildman–Crippen LogP) is 0.392. The lowest BCUT2D eigenvalue weighted by Crippen LogP contribution is -2.59. The molecule has 82 valence electrons. The van der Waals surface area contributed by atoms with E-state index in [9.17, 15) is 4.79 Å². The van der Waals surface area contributed by atoms with Gasteiger partial charge in [0.25, 0.3) is 0 Å². The molecule has 5 heteroatoms. The summed E-state index contributed by atoms with van der Waals surface area (Å²) in [7, 11) is 0. The Bertz CT molecular complexity index is 294. The van der Waals surface area contributed by atoms with Gasteiger partial charge in [0.1, 0.15) is 6.04 Å². The van der Waals surface area contributed by atoms with Crippen LogP contribution in [0.25, 0.3) is 0 Å². The number of nitrogens with zero attached hydrogens (tertiary/aromatic N) is 2. The zero-order valence-corrected chi connectivity index (χ0v) is 8.86. The van der Waals surface area contributed by atoms with E-state index in [2.05, 4.69) is 16.7 Å². The van der Waals surface area contributed by atoms with Crippen molar-refractivity contribution >= 4 is 6.03 Å². The Hall–Kier alpha value is -1.28. The number of hydrogen-bond donors (Lipinski definition) is 2. The van der Waals surface area contributed by atoms with Gasteiger partial charge >= 0.3 is 6.03 Å². The van der Waals surface area contributed by atoms with Crippen molar-refractivity contribution in [1.29, 1.82) is 5.26 Å². The van der Waals surface area contributed by atoms with E-state index in [1.165, 1.54) is 0 Å². The van der Waals surface area contributed by atoms with Gasteiger partial charge in [-0.1, -0.05) is 0 Å². The molecule has 1 heterocycles. The average Bonchev–Trinajstić information content (AvgIpc) is 2.86. The fraction of sp³-hybridized carbons (Fsp3) is 0.800. The van der Waals surface area contributed by atoms with Crippen molar-refractivity contribution in [2.75, 3.05) is 6.54 Å². The van der Waals surface area contributed by atoms with E-state index in [1.807, 2.05) is 11.8 Å². The van der Waals surface area contributed by atoms with Crippen LogP contribution in [0, 0.1) is 11.3 Å². The van der Waals surface area contributed by atoms with E-state index in [1.54, 1.807) is 0 Å². The molecule has 0 radical (unpaired) electrons. The van der Waals surface area contributed by atoms with Crippen LogP contribution < -0.4 is 10.6 Å². The molecule has 0 bridgehead atoms. The van der Waals surface area contributed by atoms with Gasteiger partial charge in [-0.2, -0.15) is 5.26 Å². The number of nitriles is 1. The minimum absolute atomic E-state index is 0.0266. The minimum Gasteiger partial charge on any atom is -0.335 e. The van der Waals surface area contributed by atoms with Gasteiger partial charge in [0.2, 0.25) is 0 Å². The number of amides is 2. The van der Waals surface area contributed by atoms with Crippen LogP contribution in [0.3, 0.4) is 0 Å². The number of carbonyl (C=O) groups is 1. The Kier molecular flexibility index (Phi) is 2.78. The van der Waals surface area contributed by atoms with Crippen LogP contribution in [0.4, 0.5) is 4.79 Å². The topological polar surface area (TPSA) is 68.2 Å². The number of nitrogens with one attached hydrogen (secondary N) is 2. The van der Waals surface area contributed by atoms with Crippen molar-refractivity contribution in [3.05, 3.63) is 0 Å². The molecule has 2 unspecified atom stereocenters. The molecular weight excluding hydrogens is 192 g/mol. The summed E-state index contributed by atoms with van der Waals surface area (Å²) in [4.78, 5) is 13.4. The molecule has 15 heavy (non-hydrogen) atoms. The first kappa shape index (κ1) is 10.2.